The maximum Gasteiger partial charge on any atom is 0.307 e. The molecule has 0 aliphatic heterocycles. The number of hydrogen-bond acceptors (Lipinski definition) is 4. The highest BCUT2D eigenvalue weighted by Gasteiger charge is 2.13. The topological polar surface area (TPSA) is 55.4 Å². The van der Waals surface area contributed by atoms with Crippen LogP contribution in [0.25, 0.3) is 0 Å². The molecule has 0 aliphatic rings. The van der Waals surface area contributed by atoms with Crippen LogP contribution >= 0.6 is 11.8 Å². The lowest BCUT2D eigenvalue weighted by Gasteiger charge is -2.16. The average Bonchev–Trinajstić information content (AvgIpc) is 2.13. The van der Waals surface area contributed by atoms with Crippen LogP contribution in [0.3, 0.4) is 0 Å². The van der Waals surface area contributed by atoms with Crippen LogP contribution in [0.2, 0.25) is 0 Å². The summed E-state index contributed by atoms with van der Waals surface area (Å²) < 4.78 is 4.53. The van der Waals surface area contributed by atoms with Crippen LogP contribution in [0.4, 0.5) is 0 Å². The van der Waals surface area contributed by atoms with Gasteiger partial charge in [-0.15, -0.1) is 11.8 Å². The van der Waals surface area contributed by atoms with Crippen LogP contribution in [0.1, 0.15) is 27.2 Å². The van der Waals surface area contributed by atoms with Crippen molar-refractivity contribution >= 4 is 23.6 Å². The molecule has 0 aromatic rings. The first kappa shape index (κ1) is 14.3. The van der Waals surface area contributed by atoms with E-state index in [0.717, 1.165) is 0 Å². The van der Waals surface area contributed by atoms with Gasteiger partial charge in [-0.3, -0.25) is 9.59 Å². The van der Waals surface area contributed by atoms with Crippen LogP contribution < -0.4 is 5.32 Å². The number of nitrogens with one attached hydrogen (secondary N) is 1. The first-order chi connectivity index (χ1) is 6.85. The molecule has 0 spiro atoms. The summed E-state index contributed by atoms with van der Waals surface area (Å²) in [6, 6.07) is 0. The van der Waals surface area contributed by atoms with E-state index >= 15 is 0 Å². The van der Waals surface area contributed by atoms with Gasteiger partial charge in [-0.05, 0) is 0 Å². The number of carbonyl (C=O) groups excluding carboxylic acids is 2. The zero-order chi connectivity index (χ0) is 11.9. The van der Waals surface area contributed by atoms with Gasteiger partial charge in [0.05, 0.1) is 19.3 Å². The third-order valence-corrected chi connectivity index (χ3v) is 2.79. The summed E-state index contributed by atoms with van der Waals surface area (Å²) in [5, 5.41) is 2.66. The van der Waals surface area contributed by atoms with Crippen molar-refractivity contribution < 1.29 is 14.3 Å². The smallest absolute Gasteiger partial charge is 0.307 e. The Labute approximate surface area is 95.1 Å². The Bertz CT molecular complexity index is 223. The van der Waals surface area contributed by atoms with E-state index in [1.807, 2.05) is 0 Å². The van der Waals surface area contributed by atoms with Gasteiger partial charge < -0.3 is 10.1 Å². The van der Waals surface area contributed by atoms with Gasteiger partial charge in [0.1, 0.15) is 0 Å². The molecule has 0 heterocycles. The number of methoxy groups -OCH3 is 1. The van der Waals surface area contributed by atoms with Crippen molar-refractivity contribution in [2.24, 2.45) is 0 Å². The summed E-state index contributed by atoms with van der Waals surface area (Å²) in [5.41, 5.74) is 0. The Kier molecular flexibility index (Phi) is 6.40. The highest BCUT2D eigenvalue weighted by atomic mass is 32.2. The van der Waals surface area contributed by atoms with Gasteiger partial charge in [0.2, 0.25) is 5.91 Å². The maximum atomic E-state index is 11.3. The number of carbonyl (C=O) groups is 2. The van der Waals surface area contributed by atoms with Crippen molar-refractivity contribution in [3.8, 4) is 0 Å². The highest BCUT2D eigenvalue weighted by Crippen LogP contribution is 2.22. The Hall–Kier alpha value is -0.710. The minimum Gasteiger partial charge on any atom is -0.469 e. The third-order valence-electron chi connectivity index (χ3n) is 1.52. The minimum absolute atomic E-state index is 0.0428. The first-order valence-electron chi connectivity index (χ1n) is 4.82. The van der Waals surface area contributed by atoms with Crippen LogP contribution in [-0.4, -0.2) is 36.0 Å². The molecule has 5 heteroatoms. The van der Waals surface area contributed by atoms with Crippen LogP contribution in [0.5, 0.6) is 0 Å². The second-order valence-corrected chi connectivity index (χ2v) is 5.88. The van der Waals surface area contributed by atoms with E-state index in [4.69, 9.17) is 0 Å². The molecular weight excluding hydrogens is 214 g/mol. The molecule has 88 valence electrons. The summed E-state index contributed by atoms with van der Waals surface area (Å²) in [6.45, 7) is 6.51. The van der Waals surface area contributed by atoms with E-state index in [0.29, 0.717) is 12.3 Å². The summed E-state index contributed by atoms with van der Waals surface area (Å²) in [6.07, 6.45) is 0.225. The number of thioether (sulfide) groups is 1. The Morgan fingerprint density at radius 3 is 2.40 bits per heavy atom. The molecule has 15 heavy (non-hydrogen) atoms. The first-order valence-corrected chi connectivity index (χ1v) is 5.81. The van der Waals surface area contributed by atoms with Crippen molar-refractivity contribution in [2.75, 3.05) is 19.4 Å². The average molecular weight is 233 g/mol. The predicted molar refractivity (Wildman–Crippen MR) is 61.9 cm³/mol. The number of rotatable bonds is 5. The van der Waals surface area contributed by atoms with Gasteiger partial charge >= 0.3 is 5.97 Å². The monoisotopic (exact) mass is 233 g/mol. The van der Waals surface area contributed by atoms with Gasteiger partial charge in [-0.1, -0.05) is 20.8 Å². The summed E-state index contributed by atoms with van der Waals surface area (Å²) in [7, 11) is 1.33. The number of esters is 1. The third kappa shape index (κ3) is 9.59. The van der Waals surface area contributed by atoms with Gasteiger partial charge in [-0.25, -0.2) is 0 Å². The molecule has 0 aliphatic carbocycles. The number of amides is 1. The van der Waals surface area contributed by atoms with Gasteiger partial charge in [0.15, 0.2) is 0 Å². The van der Waals surface area contributed by atoms with Crippen molar-refractivity contribution in [1.82, 2.24) is 5.32 Å². The van der Waals surface area contributed by atoms with Crippen LogP contribution in [0, 0.1) is 0 Å². The fourth-order valence-corrected chi connectivity index (χ4v) is 1.41. The number of ether oxygens (including phenoxy) is 1. The summed E-state index contributed by atoms with van der Waals surface area (Å²) in [5.74, 6) is 0.0719. The summed E-state index contributed by atoms with van der Waals surface area (Å²) >= 11 is 1.58. The molecule has 0 fully saturated rings. The molecule has 0 saturated heterocycles. The van der Waals surface area contributed by atoms with Crippen molar-refractivity contribution in [3.63, 3.8) is 0 Å². The molecule has 0 aromatic carbocycles. The van der Waals surface area contributed by atoms with E-state index in [1.54, 1.807) is 11.8 Å². The molecule has 1 amide bonds. The maximum absolute atomic E-state index is 11.3. The largest absolute Gasteiger partial charge is 0.469 e. The lowest BCUT2D eigenvalue weighted by molar-refractivity contribution is -0.140. The lowest BCUT2D eigenvalue weighted by atomic mass is 10.3. The molecule has 0 atom stereocenters. The Morgan fingerprint density at radius 2 is 1.93 bits per heavy atom. The second-order valence-electron chi connectivity index (χ2n) is 4.08. The highest BCUT2D eigenvalue weighted by molar-refractivity contribution is 8.01. The van der Waals surface area contributed by atoms with E-state index in [1.165, 1.54) is 7.11 Å². The van der Waals surface area contributed by atoms with E-state index in [9.17, 15) is 9.59 Å². The standard InChI is InChI=1S/C10H19NO3S/c1-10(2,3)15-7-8(12)11-6-5-9(13)14-4/h5-7H2,1-4H3,(H,11,12). The fourth-order valence-electron chi connectivity index (χ4n) is 0.739. The quantitative estimate of drug-likeness (QED) is 0.725. The molecule has 1 N–H and O–H groups in total. The zero-order valence-electron chi connectivity index (χ0n) is 9.75. The molecule has 0 saturated carbocycles. The van der Waals surface area contributed by atoms with Gasteiger partial charge in [-0.2, -0.15) is 0 Å². The van der Waals surface area contributed by atoms with E-state index in [-0.39, 0.29) is 23.0 Å². The van der Waals surface area contributed by atoms with E-state index in [2.05, 4.69) is 30.8 Å². The Morgan fingerprint density at radius 1 is 1.33 bits per heavy atom. The molecule has 0 unspecified atom stereocenters. The van der Waals surface area contributed by atoms with Gasteiger partial charge in [0, 0.05) is 11.3 Å². The van der Waals surface area contributed by atoms with E-state index < -0.39 is 0 Å². The van der Waals surface area contributed by atoms with Crippen LogP contribution in [0.15, 0.2) is 0 Å². The van der Waals surface area contributed by atoms with Crippen molar-refractivity contribution in [1.29, 1.82) is 0 Å². The fraction of sp³-hybridized carbons (Fsp3) is 0.800. The normalized spacial score (nSPS) is 10.9. The molecule has 0 bridgehead atoms. The van der Waals surface area contributed by atoms with Crippen molar-refractivity contribution in [3.05, 3.63) is 0 Å². The molecule has 0 radical (unpaired) electrons. The molecular formula is C10H19NO3S. The van der Waals surface area contributed by atoms with Crippen LogP contribution in [-0.2, 0) is 14.3 Å². The van der Waals surface area contributed by atoms with Gasteiger partial charge in [0.25, 0.3) is 0 Å². The lowest BCUT2D eigenvalue weighted by Crippen LogP contribution is -2.29. The zero-order valence-corrected chi connectivity index (χ0v) is 10.6. The molecule has 0 aromatic heterocycles. The number of hydrogen-bond donors (Lipinski definition) is 1. The Balaban J connectivity index is 3.54. The SMILES string of the molecule is COC(=O)CCNC(=O)CSC(C)(C)C. The van der Waals surface area contributed by atoms with Crippen molar-refractivity contribution in [2.45, 2.75) is 31.9 Å². The second kappa shape index (κ2) is 6.71. The summed E-state index contributed by atoms with van der Waals surface area (Å²) in [4.78, 5) is 22.0. The molecule has 0 rings (SSSR count). The minimum atomic E-state index is -0.307. The molecule has 4 nitrogen and oxygen atoms in total. The predicted octanol–water partition coefficient (Wildman–Crippen LogP) is 1.20.